The molecule has 21 heavy (non-hydrogen) atoms. The number of rotatable bonds is 7. The normalized spacial score (nSPS) is 11.4. The van der Waals surface area contributed by atoms with Gasteiger partial charge in [0.05, 0.1) is 18.4 Å². The molecule has 0 radical (unpaired) electrons. The molecule has 0 aliphatic carbocycles. The van der Waals surface area contributed by atoms with Gasteiger partial charge in [-0.2, -0.15) is 5.10 Å². The van der Waals surface area contributed by atoms with Crippen LogP contribution >= 0.6 is 12.2 Å². The molecule has 2 N–H and O–H groups in total. The third-order valence-electron chi connectivity index (χ3n) is 2.56. The average molecular weight is 309 g/mol. The van der Waals surface area contributed by atoms with Gasteiger partial charge in [0, 0.05) is 13.7 Å². The number of nitrogens with one attached hydrogen (secondary N) is 2. The molecular formula is C15H23N3O2S. The lowest BCUT2D eigenvalue weighted by Gasteiger charge is -2.10. The summed E-state index contributed by atoms with van der Waals surface area (Å²) in [5.41, 5.74) is 4.67. The summed E-state index contributed by atoms with van der Waals surface area (Å²) in [6.45, 7) is 7.17. The van der Waals surface area contributed by atoms with E-state index < -0.39 is 0 Å². The van der Waals surface area contributed by atoms with E-state index in [2.05, 4.69) is 15.8 Å². The summed E-state index contributed by atoms with van der Waals surface area (Å²) in [7, 11) is 1.65. The van der Waals surface area contributed by atoms with Gasteiger partial charge in [0.2, 0.25) is 0 Å². The van der Waals surface area contributed by atoms with Crippen LogP contribution in [0.3, 0.4) is 0 Å². The zero-order chi connectivity index (χ0) is 15.7. The highest BCUT2D eigenvalue weighted by Crippen LogP contribution is 2.14. The lowest BCUT2D eigenvalue weighted by Crippen LogP contribution is -2.34. The predicted molar refractivity (Wildman–Crippen MR) is 90.0 cm³/mol. The fraction of sp³-hybridized carbons (Fsp3) is 0.467. The molecule has 0 aliphatic heterocycles. The molecule has 0 amide bonds. The zero-order valence-electron chi connectivity index (χ0n) is 13.0. The van der Waals surface area contributed by atoms with Gasteiger partial charge in [0.1, 0.15) is 5.75 Å². The summed E-state index contributed by atoms with van der Waals surface area (Å²) in [6, 6.07) is 7.81. The van der Waals surface area contributed by atoms with Crippen molar-refractivity contribution in [1.82, 2.24) is 10.7 Å². The minimum atomic E-state index is 0.169. The lowest BCUT2D eigenvalue weighted by molar-refractivity contribution is 0.204. The van der Waals surface area contributed by atoms with Crippen molar-refractivity contribution in [1.29, 1.82) is 0 Å². The van der Waals surface area contributed by atoms with E-state index in [9.17, 15) is 0 Å². The van der Waals surface area contributed by atoms with Crippen molar-refractivity contribution in [3.63, 3.8) is 0 Å². The molecule has 0 aliphatic rings. The van der Waals surface area contributed by atoms with Gasteiger partial charge < -0.3 is 14.8 Å². The summed E-state index contributed by atoms with van der Waals surface area (Å²) < 4.78 is 10.5. The van der Waals surface area contributed by atoms with E-state index in [0.29, 0.717) is 18.3 Å². The van der Waals surface area contributed by atoms with E-state index in [1.807, 2.05) is 45.0 Å². The van der Waals surface area contributed by atoms with Crippen molar-refractivity contribution in [2.24, 2.45) is 5.10 Å². The van der Waals surface area contributed by atoms with E-state index in [1.54, 1.807) is 7.11 Å². The molecule has 5 nitrogen and oxygen atoms in total. The Morgan fingerprint density at radius 2 is 1.95 bits per heavy atom. The van der Waals surface area contributed by atoms with Crippen LogP contribution < -0.4 is 15.5 Å². The number of hydrazone groups is 1. The van der Waals surface area contributed by atoms with Crippen LogP contribution in [0.15, 0.2) is 29.4 Å². The Kier molecular flexibility index (Phi) is 7.71. The topological polar surface area (TPSA) is 54.9 Å². The van der Waals surface area contributed by atoms with Crippen molar-refractivity contribution in [3.05, 3.63) is 29.8 Å². The third kappa shape index (κ3) is 7.06. The highest BCUT2D eigenvalue weighted by molar-refractivity contribution is 7.80. The number of thiocarbonyl (C=S) groups is 1. The van der Waals surface area contributed by atoms with Gasteiger partial charge in [-0.15, -0.1) is 0 Å². The van der Waals surface area contributed by atoms with Crippen LogP contribution in [0, 0.1) is 0 Å². The predicted octanol–water partition coefficient (Wildman–Crippen LogP) is 2.31. The monoisotopic (exact) mass is 309 g/mol. The average Bonchev–Trinajstić information content (AvgIpc) is 2.45. The molecule has 0 unspecified atom stereocenters. The third-order valence-corrected chi connectivity index (χ3v) is 2.80. The second kappa shape index (κ2) is 9.31. The maximum Gasteiger partial charge on any atom is 0.187 e. The molecule has 0 aromatic heterocycles. The molecule has 0 fully saturated rings. The number of methoxy groups -OCH3 is 1. The highest BCUT2D eigenvalue weighted by atomic mass is 32.1. The Labute approximate surface area is 131 Å². The van der Waals surface area contributed by atoms with Crippen molar-refractivity contribution in [2.75, 3.05) is 20.3 Å². The van der Waals surface area contributed by atoms with E-state index in [1.165, 1.54) is 0 Å². The zero-order valence-corrected chi connectivity index (χ0v) is 13.8. The largest absolute Gasteiger partial charge is 0.491 e. The van der Waals surface area contributed by atoms with Gasteiger partial charge in [-0.05, 0) is 62.8 Å². The summed E-state index contributed by atoms with van der Waals surface area (Å²) >= 11 is 5.10. The first-order valence-electron chi connectivity index (χ1n) is 6.87. The van der Waals surface area contributed by atoms with Crippen LogP contribution in [-0.2, 0) is 4.74 Å². The molecular weight excluding hydrogens is 286 g/mol. The summed E-state index contributed by atoms with van der Waals surface area (Å²) in [5.74, 6) is 0.853. The smallest absolute Gasteiger partial charge is 0.187 e. The van der Waals surface area contributed by atoms with Crippen LogP contribution in [-0.4, -0.2) is 37.2 Å². The van der Waals surface area contributed by atoms with Crippen molar-refractivity contribution >= 4 is 23.0 Å². The van der Waals surface area contributed by atoms with Crippen molar-refractivity contribution < 1.29 is 9.47 Å². The molecule has 1 aromatic rings. The summed E-state index contributed by atoms with van der Waals surface area (Å²) in [6.07, 6.45) is 0.169. The molecule has 0 atom stereocenters. The first kappa shape index (κ1) is 17.4. The maximum atomic E-state index is 5.60. The Balaban J connectivity index is 2.51. The summed E-state index contributed by atoms with van der Waals surface area (Å²) in [5, 5.41) is 7.71. The van der Waals surface area contributed by atoms with Crippen LogP contribution in [0.4, 0.5) is 0 Å². The number of benzene rings is 1. The fourth-order valence-corrected chi connectivity index (χ4v) is 1.70. The molecule has 0 spiro atoms. The maximum absolute atomic E-state index is 5.60. The van der Waals surface area contributed by atoms with Crippen molar-refractivity contribution in [2.45, 2.75) is 26.9 Å². The van der Waals surface area contributed by atoms with Gasteiger partial charge in [-0.1, -0.05) is 0 Å². The van der Waals surface area contributed by atoms with Gasteiger partial charge in [-0.3, -0.25) is 5.43 Å². The highest BCUT2D eigenvalue weighted by Gasteiger charge is 2.01. The second-order valence-corrected chi connectivity index (χ2v) is 5.16. The Hall–Kier alpha value is -1.66. The fourth-order valence-electron chi connectivity index (χ4n) is 1.55. The Bertz CT molecular complexity index is 472. The minimum absolute atomic E-state index is 0.169. The quantitative estimate of drug-likeness (QED) is 0.350. The lowest BCUT2D eigenvalue weighted by atomic mass is 10.1. The van der Waals surface area contributed by atoms with E-state index in [4.69, 9.17) is 21.7 Å². The molecule has 0 bridgehead atoms. The first-order chi connectivity index (χ1) is 10.0. The minimum Gasteiger partial charge on any atom is -0.491 e. The number of ether oxygens (including phenoxy) is 2. The Morgan fingerprint density at radius 1 is 1.29 bits per heavy atom. The number of hydrogen-bond acceptors (Lipinski definition) is 4. The van der Waals surface area contributed by atoms with Crippen LogP contribution in [0.25, 0.3) is 0 Å². The standard InChI is InChI=1S/C15H23N3O2S/c1-11(2)20-14-7-5-13(6-8-14)12(3)17-18-15(21)16-9-10-19-4/h5-8,11H,9-10H2,1-4H3,(H2,16,18,21)/b17-12-. The SMILES string of the molecule is COCCNC(=S)N/N=C(/C)c1ccc(OC(C)C)cc1. The van der Waals surface area contributed by atoms with Gasteiger partial charge in [0.15, 0.2) is 5.11 Å². The molecule has 0 saturated heterocycles. The second-order valence-electron chi connectivity index (χ2n) is 4.75. The van der Waals surface area contributed by atoms with Gasteiger partial charge in [0.25, 0.3) is 0 Å². The number of hydrogen-bond donors (Lipinski definition) is 2. The molecule has 1 rings (SSSR count). The van der Waals surface area contributed by atoms with E-state index in [0.717, 1.165) is 17.0 Å². The first-order valence-corrected chi connectivity index (χ1v) is 7.28. The van der Waals surface area contributed by atoms with E-state index in [-0.39, 0.29) is 6.10 Å². The van der Waals surface area contributed by atoms with Crippen molar-refractivity contribution in [3.8, 4) is 5.75 Å². The number of nitrogens with zero attached hydrogens (tertiary/aromatic N) is 1. The van der Waals surface area contributed by atoms with Crippen LogP contribution in [0.1, 0.15) is 26.3 Å². The van der Waals surface area contributed by atoms with E-state index >= 15 is 0 Å². The molecule has 1 aromatic carbocycles. The molecule has 116 valence electrons. The van der Waals surface area contributed by atoms with Gasteiger partial charge in [-0.25, -0.2) is 0 Å². The molecule has 0 saturated carbocycles. The van der Waals surface area contributed by atoms with Gasteiger partial charge >= 0.3 is 0 Å². The van der Waals surface area contributed by atoms with Crippen LogP contribution in [0.2, 0.25) is 0 Å². The Morgan fingerprint density at radius 3 is 2.52 bits per heavy atom. The van der Waals surface area contributed by atoms with Crippen LogP contribution in [0.5, 0.6) is 5.75 Å². The summed E-state index contributed by atoms with van der Waals surface area (Å²) in [4.78, 5) is 0. The molecule has 0 heterocycles. The molecule has 6 heteroatoms.